The van der Waals surface area contributed by atoms with Crippen LogP contribution in [-0.2, 0) is 4.79 Å². The number of alkyl halides is 3. The van der Waals surface area contributed by atoms with Crippen LogP contribution >= 0.6 is 35.0 Å². The average Bonchev–Trinajstić information content (AvgIpc) is 2.65. The number of ether oxygens (including phenoxy) is 1. The van der Waals surface area contributed by atoms with E-state index in [9.17, 15) is 22.8 Å². The molecule has 0 saturated heterocycles. The number of carbonyl (C=O) groups excluding carboxylic acids is 2. The van der Waals surface area contributed by atoms with Crippen molar-refractivity contribution in [1.29, 1.82) is 0 Å². The molecule has 0 bridgehead atoms. The monoisotopic (exact) mass is 480 g/mol. The Hall–Kier alpha value is -2.10. The molecular formula is C19H17Cl2F3N2O3S. The van der Waals surface area contributed by atoms with Gasteiger partial charge in [-0.25, -0.2) is 0 Å². The summed E-state index contributed by atoms with van der Waals surface area (Å²) in [7, 11) is 0. The Morgan fingerprint density at radius 2 is 1.80 bits per heavy atom. The first-order chi connectivity index (χ1) is 14.1. The molecule has 2 aromatic rings. The van der Waals surface area contributed by atoms with Crippen molar-refractivity contribution in [2.75, 3.05) is 17.3 Å². The zero-order valence-electron chi connectivity index (χ0n) is 15.6. The maximum atomic E-state index is 12.6. The summed E-state index contributed by atoms with van der Waals surface area (Å²) in [5.41, 5.74) is 0.416. The third kappa shape index (κ3) is 7.62. The molecule has 11 heteroatoms. The smallest absolute Gasteiger partial charge is 0.406 e. The largest absolute Gasteiger partial charge is 0.573 e. The normalized spacial score (nSPS) is 12.2. The van der Waals surface area contributed by atoms with E-state index < -0.39 is 30.0 Å². The molecule has 0 aromatic heterocycles. The number of anilines is 1. The predicted molar refractivity (Wildman–Crippen MR) is 112 cm³/mol. The van der Waals surface area contributed by atoms with Crippen molar-refractivity contribution < 1.29 is 27.5 Å². The van der Waals surface area contributed by atoms with Gasteiger partial charge >= 0.3 is 6.36 Å². The molecule has 0 fully saturated rings. The van der Waals surface area contributed by atoms with Crippen molar-refractivity contribution in [3.05, 3.63) is 58.1 Å². The van der Waals surface area contributed by atoms with Gasteiger partial charge in [0.1, 0.15) is 11.8 Å². The number of nitrogens with one attached hydrogen (secondary N) is 2. The van der Waals surface area contributed by atoms with Crippen LogP contribution in [0.25, 0.3) is 0 Å². The molecule has 0 aliphatic carbocycles. The van der Waals surface area contributed by atoms with Crippen molar-refractivity contribution in [2.24, 2.45) is 0 Å². The predicted octanol–water partition coefficient (Wildman–Crippen LogP) is 5.38. The summed E-state index contributed by atoms with van der Waals surface area (Å²) >= 11 is 13.4. The molecule has 30 heavy (non-hydrogen) atoms. The molecule has 1 atom stereocenters. The molecule has 0 heterocycles. The Labute approximate surface area is 185 Å². The fraction of sp³-hybridized carbons (Fsp3) is 0.263. The minimum atomic E-state index is -4.80. The second kappa shape index (κ2) is 10.8. The van der Waals surface area contributed by atoms with Crippen LogP contribution in [0, 0.1) is 0 Å². The van der Waals surface area contributed by atoms with Gasteiger partial charge in [-0.1, -0.05) is 23.2 Å². The Morgan fingerprint density at radius 3 is 2.37 bits per heavy atom. The van der Waals surface area contributed by atoms with Crippen LogP contribution in [0.15, 0.2) is 42.5 Å². The third-order valence-electron chi connectivity index (χ3n) is 3.76. The maximum absolute atomic E-state index is 12.6. The van der Waals surface area contributed by atoms with Gasteiger partial charge in [-0.3, -0.25) is 9.59 Å². The Bertz CT molecular complexity index is 896. The quantitative estimate of drug-likeness (QED) is 0.531. The zero-order chi connectivity index (χ0) is 22.3. The molecule has 0 unspecified atom stereocenters. The summed E-state index contributed by atoms with van der Waals surface area (Å²) in [6, 6.07) is 8.16. The van der Waals surface area contributed by atoms with Crippen LogP contribution in [0.1, 0.15) is 16.8 Å². The van der Waals surface area contributed by atoms with Crippen LogP contribution in [0.2, 0.25) is 10.0 Å². The van der Waals surface area contributed by atoms with E-state index in [0.717, 1.165) is 12.1 Å². The van der Waals surface area contributed by atoms with Gasteiger partial charge in [-0.05, 0) is 60.9 Å². The fourth-order valence-corrected chi connectivity index (χ4v) is 3.35. The highest BCUT2D eigenvalue weighted by Gasteiger charge is 2.31. The van der Waals surface area contributed by atoms with Gasteiger partial charge in [0.25, 0.3) is 5.91 Å². The van der Waals surface area contributed by atoms with Crippen LogP contribution in [0.3, 0.4) is 0 Å². The molecule has 0 aliphatic rings. The first-order valence-corrected chi connectivity index (χ1v) is 10.7. The molecule has 5 nitrogen and oxygen atoms in total. The average molecular weight is 481 g/mol. The van der Waals surface area contributed by atoms with Gasteiger partial charge < -0.3 is 15.4 Å². The van der Waals surface area contributed by atoms with Gasteiger partial charge in [0.2, 0.25) is 5.91 Å². The van der Waals surface area contributed by atoms with Gasteiger partial charge in [-0.2, -0.15) is 11.8 Å². The molecule has 0 spiro atoms. The summed E-state index contributed by atoms with van der Waals surface area (Å²) in [5.74, 6) is -0.894. The van der Waals surface area contributed by atoms with Crippen LogP contribution in [0.5, 0.6) is 5.75 Å². The van der Waals surface area contributed by atoms with E-state index in [4.69, 9.17) is 23.2 Å². The lowest BCUT2D eigenvalue weighted by Crippen LogP contribution is -2.44. The number of amides is 2. The molecule has 162 valence electrons. The highest BCUT2D eigenvalue weighted by Crippen LogP contribution is 2.24. The minimum Gasteiger partial charge on any atom is -0.406 e. The number of benzene rings is 2. The first kappa shape index (κ1) is 24.2. The fourth-order valence-electron chi connectivity index (χ4n) is 2.38. The van der Waals surface area contributed by atoms with Crippen molar-refractivity contribution in [3.63, 3.8) is 0 Å². The van der Waals surface area contributed by atoms with Gasteiger partial charge in [-0.15, -0.1) is 13.2 Å². The molecule has 2 amide bonds. The van der Waals surface area contributed by atoms with E-state index in [-0.39, 0.29) is 16.3 Å². The standard InChI is InChI=1S/C19H17Cl2F3N2O3S/c1-30-9-8-16(26-17(27)14-7-2-11(20)10-15(14)21)18(28)25-12-3-5-13(6-4-12)29-19(22,23)24/h2-7,10,16H,8-9H2,1H3,(H,25,28)(H,26,27)/t16-/m1/s1. The second-order valence-corrected chi connectivity index (χ2v) is 7.82. The van der Waals surface area contributed by atoms with Crippen LogP contribution < -0.4 is 15.4 Å². The van der Waals surface area contributed by atoms with E-state index in [0.29, 0.717) is 17.2 Å². The van der Waals surface area contributed by atoms with Crippen LogP contribution in [0.4, 0.5) is 18.9 Å². The van der Waals surface area contributed by atoms with Gasteiger partial charge in [0.15, 0.2) is 0 Å². The molecular weight excluding hydrogens is 464 g/mol. The zero-order valence-corrected chi connectivity index (χ0v) is 17.9. The summed E-state index contributed by atoms with van der Waals surface area (Å²) in [6.07, 6.45) is -2.62. The van der Waals surface area contributed by atoms with E-state index in [1.807, 2.05) is 6.26 Å². The Kier molecular flexibility index (Phi) is 8.69. The van der Waals surface area contributed by atoms with Crippen molar-refractivity contribution in [3.8, 4) is 5.75 Å². The SMILES string of the molecule is CSCC[C@@H](NC(=O)c1ccc(Cl)cc1Cl)C(=O)Nc1ccc(OC(F)(F)F)cc1. The molecule has 2 rings (SSSR count). The van der Waals surface area contributed by atoms with E-state index in [1.165, 1.54) is 42.1 Å². The first-order valence-electron chi connectivity index (χ1n) is 8.50. The molecule has 0 saturated carbocycles. The molecule has 0 radical (unpaired) electrons. The highest BCUT2D eigenvalue weighted by atomic mass is 35.5. The van der Waals surface area contributed by atoms with E-state index in [2.05, 4.69) is 15.4 Å². The lowest BCUT2D eigenvalue weighted by molar-refractivity contribution is -0.274. The number of carbonyl (C=O) groups is 2. The van der Waals surface area contributed by atoms with E-state index >= 15 is 0 Å². The number of thioether (sulfide) groups is 1. The maximum Gasteiger partial charge on any atom is 0.573 e. The summed E-state index contributed by atoms with van der Waals surface area (Å²) < 4.78 is 40.5. The molecule has 0 aliphatic heterocycles. The third-order valence-corrected chi connectivity index (χ3v) is 4.96. The number of hydrogen-bond acceptors (Lipinski definition) is 4. The minimum absolute atomic E-state index is 0.143. The number of rotatable bonds is 8. The van der Waals surface area contributed by atoms with E-state index in [1.54, 1.807) is 0 Å². The molecule has 2 aromatic carbocycles. The number of halogens is 5. The Morgan fingerprint density at radius 1 is 1.13 bits per heavy atom. The molecule has 2 N–H and O–H groups in total. The van der Waals surface area contributed by atoms with Crippen molar-refractivity contribution >= 4 is 52.5 Å². The topological polar surface area (TPSA) is 67.4 Å². The Balaban J connectivity index is 2.08. The number of hydrogen-bond donors (Lipinski definition) is 2. The lowest BCUT2D eigenvalue weighted by atomic mass is 10.1. The van der Waals surface area contributed by atoms with Crippen molar-refractivity contribution in [1.82, 2.24) is 5.32 Å². The summed E-state index contributed by atoms with van der Waals surface area (Å²) in [6.45, 7) is 0. The lowest BCUT2D eigenvalue weighted by Gasteiger charge is -2.19. The second-order valence-electron chi connectivity index (χ2n) is 5.99. The van der Waals surface area contributed by atoms with Gasteiger partial charge in [0.05, 0.1) is 10.6 Å². The highest BCUT2D eigenvalue weighted by molar-refractivity contribution is 7.98. The van der Waals surface area contributed by atoms with Crippen molar-refractivity contribution in [2.45, 2.75) is 18.8 Å². The van der Waals surface area contributed by atoms with Crippen LogP contribution in [-0.4, -0.2) is 36.2 Å². The van der Waals surface area contributed by atoms with Gasteiger partial charge in [0, 0.05) is 10.7 Å². The summed E-state index contributed by atoms with van der Waals surface area (Å²) in [4.78, 5) is 25.2. The summed E-state index contributed by atoms with van der Waals surface area (Å²) in [5, 5.41) is 5.70.